The Morgan fingerprint density at radius 1 is 1.33 bits per heavy atom. The molecule has 1 N–H and O–H groups in total. The monoisotopic (exact) mass is 166 g/mol. The minimum atomic E-state index is 0.505. The normalized spacial score (nSPS) is 11.5. The van der Waals surface area contributed by atoms with Crippen molar-refractivity contribution in [2.75, 3.05) is 0 Å². The number of hydrogen-bond acceptors (Lipinski definition) is 1. The highest BCUT2D eigenvalue weighted by Gasteiger charge is 2.05. The minimum Gasteiger partial charge on any atom is -0.346 e. The number of aromatic nitrogens is 2. The quantitative estimate of drug-likeness (QED) is 0.734. The van der Waals surface area contributed by atoms with Crippen molar-refractivity contribution < 1.29 is 0 Å². The van der Waals surface area contributed by atoms with E-state index in [4.69, 9.17) is 0 Å². The highest BCUT2D eigenvalue weighted by atomic mass is 14.9. The van der Waals surface area contributed by atoms with Crippen molar-refractivity contribution in [1.82, 2.24) is 9.97 Å². The number of imidazole rings is 1. The fourth-order valence-electron chi connectivity index (χ4n) is 1.21. The zero-order chi connectivity index (χ0) is 9.14. The summed E-state index contributed by atoms with van der Waals surface area (Å²) < 4.78 is 0. The van der Waals surface area contributed by atoms with E-state index in [2.05, 4.69) is 37.7 Å². The van der Waals surface area contributed by atoms with E-state index in [1.165, 1.54) is 5.69 Å². The third-order valence-corrected chi connectivity index (χ3v) is 1.82. The van der Waals surface area contributed by atoms with Crippen LogP contribution >= 0.6 is 0 Å². The Labute approximate surface area is 74.4 Å². The molecule has 0 unspecified atom stereocenters. The molecule has 0 aliphatic heterocycles. The maximum atomic E-state index is 4.31. The number of nitrogens with one attached hydrogen (secondary N) is 1. The summed E-state index contributed by atoms with van der Waals surface area (Å²) in [6.45, 7) is 8.74. The molecule has 0 atom stereocenters. The van der Waals surface area contributed by atoms with E-state index >= 15 is 0 Å². The Morgan fingerprint density at radius 3 is 2.42 bits per heavy atom. The second-order valence-electron chi connectivity index (χ2n) is 4.05. The lowest BCUT2D eigenvalue weighted by Crippen LogP contribution is -1.95. The van der Waals surface area contributed by atoms with Gasteiger partial charge in [-0.05, 0) is 12.3 Å². The Hall–Kier alpha value is -0.790. The maximum absolute atomic E-state index is 4.31. The fraction of sp³-hybridized carbons (Fsp3) is 0.700. The molecule has 0 aromatic carbocycles. The van der Waals surface area contributed by atoms with E-state index < -0.39 is 0 Å². The van der Waals surface area contributed by atoms with Gasteiger partial charge in [0.05, 0.1) is 0 Å². The predicted octanol–water partition coefficient (Wildman–Crippen LogP) is 2.73. The van der Waals surface area contributed by atoms with Crippen LogP contribution in [0.25, 0.3) is 0 Å². The van der Waals surface area contributed by atoms with E-state index in [-0.39, 0.29) is 0 Å². The summed E-state index contributed by atoms with van der Waals surface area (Å²) in [6, 6.07) is 0. The standard InChI is InChI=1S/C10H18N2/c1-7(2)5-9-6-11-10(12-9)8(3)4/h6-8H,5H2,1-4H3,(H,11,12). The summed E-state index contributed by atoms with van der Waals surface area (Å²) in [7, 11) is 0. The van der Waals surface area contributed by atoms with Crippen LogP contribution in [-0.4, -0.2) is 9.97 Å². The molecule has 0 aliphatic rings. The number of rotatable bonds is 3. The van der Waals surface area contributed by atoms with Crippen molar-refractivity contribution in [2.45, 2.75) is 40.0 Å². The van der Waals surface area contributed by atoms with Crippen LogP contribution in [0.2, 0.25) is 0 Å². The number of H-pyrrole nitrogens is 1. The molecular formula is C10H18N2. The molecule has 1 aromatic heterocycles. The minimum absolute atomic E-state index is 0.505. The second kappa shape index (κ2) is 3.74. The first-order chi connectivity index (χ1) is 5.59. The third-order valence-electron chi connectivity index (χ3n) is 1.82. The molecule has 0 fully saturated rings. The smallest absolute Gasteiger partial charge is 0.108 e. The number of hydrogen-bond donors (Lipinski definition) is 1. The van der Waals surface area contributed by atoms with E-state index in [0.29, 0.717) is 11.8 Å². The van der Waals surface area contributed by atoms with Crippen LogP contribution in [-0.2, 0) is 6.42 Å². The van der Waals surface area contributed by atoms with Crippen LogP contribution in [0, 0.1) is 5.92 Å². The van der Waals surface area contributed by atoms with E-state index in [1.54, 1.807) is 0 Å². The van der Waals surface area contributed by atoms with Gasteiger partial charge in [-0.25, -0.2) is 4.98 Å². The van der Waals surface area contributed by atoms with Crippen LogP contribution in [0.5, 0.6) is 0 Å². The summed E-state index contributed by atoms with van der Waals surface area (Å²) in [5.41, 5.74) is 1.26. The van der Waals surface area contributed by atoms with Crippen molar-refractivity contribution in [3.63, 3.8) is 0 Å². The lowest BCUT2D eigenvalue weighted by molar-refractivity contribution is 0.635. The molecule has 1 rings (SSSR count). The van der Waals surface area contributed by atoms with Gasteiger partial charge in [0, 0.05) is 17.8 Å². The molecule has 0 saturated carbocycles. The molecule has 1 aromatic rings. The molecule has 2 nitrogen and oxygen atoms in total. The van der Waals surface area contributed by atoms with E-state index in [9.17, 15) is 0 Å². The number of nitrogens with zero attached hydrogens (tertiary/aromatic N) is 1. The van der Waals surface area contributed by atoms with Gasteiger partial charge >= 0.3 is 0 Å². The van der Waals surface area contributed by atoms with Gasteiger partial charge < -0.3 is 4.98 Å². The molecule has 0 saturated heterocycles. The average molecular weight is 166 g/mol. The topological polar surface area (TPSA) is 28.7 Å². The second-order valence-corrected chi connectivity index (χ2v) is 4.05. The zero-order valence-electron chi connectivity index (χ0n) is 8.39. The van der Waals surface area contributed by atoms with Gasteiger partial charge in [0.25, 0.3) is 0 Å². The van der Waals surface area contributed by atoms with Gasteiger partial charge in [0.2, 0.25) is 0 Å². The average Bonchev–Trinajstić information content (AvgIpc) is 2.34. The molecule has 0 bridgehead atoms. The molecule has 68 valence electrons. The first-order valence-corrected chi connectivity index (χ1v) is 4.63. The van der Waals surface area contributed by atoms with Crippen LogP contribution in [0.4, 0.5) is 0 Å². The zero-order valence-corrected chi connectivity index (χ0v) is 8.39. The van der Waals surface area contributed by atoms with Crippen molar-refractivity contribution >= 4 is 0 Å². The summed E-state index contributed by atoms with van der Waals surface area (Å²) in [6.07, 6.45) is 3.05. The molecule has 0 spiro atoms. The fourth-order valence-corrected chi connectivity index (χ4v) is 1.21. The Bertz CT molecular complexity index is 236. The number of aromatic amines is 1. The van der Waals surface area contributed by atoms with Crippen LogP contribution in [0.15, 0.2) is 6.20 Å². The van der Waals surface area contributed by atoms with Gasteiger partial charge in [-0.2, -0.15) is 0 Å². The molecule has 2 heteroatoms. The lowest BCUT2D eigenvalue weighted by Gasteiger charge is -2.01. The molecule has 0 aliphatic carbocycles. The molecule has 1 heterocycles. The van der Waals surface area contributed by atoms with Gasteiger partial charge in [-0.1, -0.05) is 27.7 Å². The Balaban J connectivity index is 2.64. The first-order valence-electron chi connectivity index (χ1n) is 4.63. The molecule has 0 amide bonds. The van der Waals surface area contributed by atoms with Crippen LogP contribution in [0.3, 0.4) is 0 Å². The Morgan fingerprint density at radius 2 is 2.00 bits per heavy atom. The summed E-state index contributed by atoms with van der Waals surface area (Å²) in [5, 5.41) is 0. The van der Waals surface area contributed by atoms with Crippen molar-refractivity contribution in [2.24, 2.45) is 5.92 Å². The van der Waals surface area contributed by atoms with Gasteiger partial charge in [-0.3, -0.25) is 0 Å². The van der Waals surface area contributed by atoms with Crippen molar-refractivity contribution in [3.05, 3.63) is 17.7 Å². The Kier molecular flexibility index (Phi) is 2.90. The van der Waals surface area contributed by atoms with E-state index in [1.807, 2.05) is 6.20 Å². The maximum Gasteiger partial charge on any atom is 0.108 e. The summed E-state index contributed by atoms with van der Waals surface area (Å²) in [5.74, 6) is 2.31. The van der Waals surface area contributed by atoms with Gasteiger partial charge in [0.15, 0.2) is 0 Å². The van der Waals surface area contributed by atoms with Crippen LogP contribution in [0.1, 0.15) is 45.1 Å². The van der Waals surface area contributed by atoms with Gasteiger partial charge in [0.1, 0.15) is 5.82 Å². The largest absolute Gasteiger partial charge is 0.346 e. The highest BCUT2D eigenvalue weighted by molar-refractivity contribution is 5.04. The SMILES string of the molecule is CC(C)Cc1cnc(C(C)C)[nH]1. The molecule has 12 heavy (non-hydrogen) atoms. The summed E-state index contributed by atoms with van der Waals surface area (Å²) >= 11 is 0. The molecule has 0 radical (unpaired) electrons. The first kappa shape index (κ1) is 9.30. The summed E-state index contributed by atoms with van der Waals surface area (Å²) in [4.78, 5) is 7.65. The van der Waals surface area contributed by atoms with Crippen LogP contribution < -0.4 is 0 Å². The van der Waals surface area contributed by atoms with Gasteiger partial charge in [-0.15, -0.1) is 0 Å². The third kappa shape index (κ3) is 2.36. The van der Waals surface area contributed by atoms with Crippen molar-refractivity contribution in [3.8, 4) is 0 Å². The predicted molar refractivity (Wildman–Crippen MR) is 51.2 cm³/mol. The lowest BCUT2D eigenvalue weighted by atomic mass is 10.1. The molecular weight excluding hydrogens is 148 g/mol. The van der Waals surface area contributed by atoms with E-state index in [0.717, 1.165) is 12.2 Å². The highest BCUT2D eigenvalue weighted by Crippen LogP contribution is 2.11. The van der Waals surface area contributed by atoms with Crippen molar-refractivity contribution in [1.29, 1.82) is 0 Å².